The molecule has 19 heavy (non-hydrogen) atoms. The Morgan fingerprint density at radius 3 is 2.58 bits per heavy atom. The number of aromatic nitrogens is 2. The van der Waals surface area contributed by atoms with E-state index in [2.05, 4.69) is 5.10 Å². The molecular formula is C15H16N2O2. The van der Waals surface area contributed by atoms with Crippen LogP contribution in [0.15, 0.2) is 42.7 Å². The van der Waals surface area contributed by atoms with Crippen LogP contribution in [0.3, 0.4) is 0 Å². The summed E-state index contributed by atoms with van der Waals surface area (Å²) in [6.07, 6.45) is 6.92. The summed E-state index contributed by atoms with van der Waals surface area (Å²) in [5, 5.41) is 13.9. The van der Waals surface area contributed by atoms with Crippen LogP contribution in [0.2, 0.25) is 0 Å². The molecule has 0 saturated heterocycles. The Labute approximate surface area is 111 Å². The van der Waals surface area contributed by atoms with Crippen LogP contribution in [-0.4, -0.2) is 20.9 Å². The number of benzene rings is 1. The van der Waals surface area contributed by atoms with Gasteiger partial charge in [0.05, 0.1) is 11.1 Å². The molecule has 0 amide bonds. The molecule has 1 aromatic heterocycles. The first-order valence-electron chi connectivity index (χ1n) is 6.57. The van der Waals surface area contributed by atoms with Crippen molar-refractivity contribution in [2.75, 3.05) is 0 Å². The molecule has 0 bridgehead atoms. The van der Waals surface area contributed by atoms with Gasteiger partial charge in [0.1, 0.15) is 0 Å². The first-order chi connectivity index (χ1) is 9.24. The van der Waals surface area contributed by atoms with Crippen LogP contribution in [0, 0.1) is 0 Å². The maximum Gasteiger partial charge on any atom is 0.314 e. The molecule has 1 heterocycles. The topological polar surface area (TPSA) is 55.1 Å². The second-order valence-corrected chi connectivity index (χ2v) is 5.06. The quantitative estimate of drug-likeness (QED) is 0.918. The van der Waals surface area contributed by atoms with Crippen molar-refractivity contribution in [3.8, 4) is 5.69 Å². The maximum atomic E-state index is 11.8. The summed E-state index contributed by atoms with van der Waals surface area (Å²) in [5.41, 5.74) is 1.00. The highest BCUT2D eigenvalue weighted by atomic mass is 16.4. The zero-order chi connectivity index (χ0) is 13.3. The summed E-state index contributed by atoms with van der Waals surface area (Å²) in [4.78, 5) is 11.8. The van der Waals surface area contributed by atoms with Crippen LogP contribution in [0.1, 0.15) is 31.2 Å². The number of rotatable bonds is 3. The van der Waals surface area contributed by atoms with Crippen molar-refractivity contribution in [1.82, 2.24) is 9.78 Å². The van der Waals surface area contributed by atoms with Gasteiger partial charge in [-0.05, 0) is 30.5 Å². The third-order valence-corrected chi connectivity index (χ3v) is 4.04. The molecular weight excluding hydrogens is 240 g/mol. The zero-order valence-corrected chi connectivity index (χ0v) is 10.6. The van der Waals surface area contributed by atoms with E-state index < -0.39 is 11.4 Å². The van der Waals surface area contributed by atoms with Gasteiger partial charge >= 0.3 is 5.97 Å². The summed E-state index contributed by atoms with van der Waals surface area (Å²) in [7, 11) is 0. The predicted molar refractivity (Wildman–Crippen MR) is 71.3 cm³/mol. The average molecular weight is 256 g/mol. The number of carboxylic acids is 1. The minimum Gasteiger partial charge on any atom is -0.481 e. The number of nitrogens with zero attached hydrogens (tertiary/aromatic N) is 2. The minimum atomic E-state index is -0.747. The molecule has 98 valence electrons. The number of hydrogen-bond donors (Lipinski definition) is 1. The molecule has 1 N–H and O–H groups in total. The summed E-state index contributed by atoms with van der Waals surface area (Å²) in [6.45, 7) is 0. The second kappa shape index (κ2) is 4.53. The van der Waals surface area contributed by atoms with Gasteiger partial charge in [-0.1, -0.05) is 31.0 Å². The Morgan fingerprint density at radius 2 is 1.95 bits per heavy atom. The van der Waals surface area contributed by atoms with Gasteiger partial charge in [0, 0.05) is 12.4 Å². The van der Waals surface area contributed by atoms with E-state index in [1.165, 1.54) is 0 Å². The lowest BCUT2D eigenvalue weighted by atomic mass is 9.78. The molecule has 0 unspecified atom stereocenters. The second-order valence-electron chi connectivity index (χ2n) is 5.06. The monoisotopic (exact) mass is 256 g/mol. The number of para-hydroxylation sites is 1. The largest absolute Gasteiger partial charge is 0.481 e. The molecule has 4 heteroatoms. The van der Waals surface area contributed by atoms with Crippen molar-refractivity contribution in [2.45, 2.75) is 31.1 Å². The van der Waals surface area contributed by atoms with Gasteiger partial charge in [0.2, 0.25) is 0 Å². The normalized spacial score (nSPS) is 17.5. The fraction of sp³-hybridized carbons (Fsp3) is 0.333. The lowest BCUT2D eigenvalue weighted by molar-refractivity contribution is -0.143. The van der Waals surface area contributed by atoms with Gasteiger partial charge in [-0.25, -0.2) is 4.68 Å². The molecule has 0 aliphatic heterocycles. The van der Waals surface area contributed by atoms with Crippen molar-refractivity contribution >= 4 is 5.97 Å². The van der Waals surface area contributed by atoms with Crippen LogP contribution in [0.5, 0.6) is 0 Å². The van der Waals surface area contributed by atoms with E-state index in [0.29, 0.717) is 12.8 Å². The van der Waals surface area contributed by atoms with Crippen molar-refractivity contribution in [3.05, 3.63) is 48.3 Å². The lowest BCUT2D eigenvalue weighted by Crippen LogP contribution is -2.33. The fourth-order valence-corrected chi connectivity index (χ4v) is 3.07. The van der Waals surface area contributed by atoms with Crippen molar-refractivity contribution in [2.24, 2.45) is 0 Å². The Kier molecular flexibility index (Phi) is 2.85. The standard InChI is InChI=1S/C15H16N2O2/c18-14(19)15(8-3-4-9-15)12-6-1-2-7-13(12)17-11-5-10-16-17/h1-2,5-7,10-11H,3-4,8-9H2,(H,18,19). The smallest absolute Gasteiger partial charge is 0.314 e. The van der Waals surface area contributed by atoms with Crippen molar-refractivity contribution < 1.29 is 9.90 Å². The van der Waals surface area contributed by atoms with E-state index in [0.717, 1.165) is 24.1 Å². The molecule has 0 spiro atoms. The highest BCUT2D eigenvalue weighted by Gasteiger charge is 2.44. The molecule has 3 rings (SSSR count). The predicted octanol–water partition coefficient (Wildman–Crippen LogP) is 2.77. The van der Waals surface area contributed by atoms with Crippen molar-refractivity contribution in [3.63, 3.8) is 0 Å². The van der Waals surface area contributed by atoms with E-state index in [9.17, 15) is 9.90 Å². The molecule has 2 aromatic rings. The van der Waals surface area contributed by atoms with Gasteiger partial charge < -0.3 is 5.11 Å². The zero-order valence-electron chi connectivity index (χ0n) is 10.6. The molecule has 1 aromatic carbocycles. The molecule has 1 saturated carbocycles. The van der Waals surface area contributed by atoms with E-state index in [1.54, 1.807) is 10.9 Å². The number of hydrogen-bond acceptors (Lipinski definition) is 2. The summed E-state index contributed by atoms with van der Waals surface area (Å²) in [5.74, 6) is -0.718. The third-order valence-electron chi connectivity index (χ3n) is 4.04. The Hall–Kier alpha value is -2.10. The summed E-state index contributed by atoms with van der Waals surface area (Å²) in [6, 6.07) is 9.54. The first kappa shape index (κ1) is 12.0. The van der Waals surface area contributed by atoms with Crippen LogP contribution in [-0.2, 0) is 10.2 Å². The number of carboxylic acid groups (broad SMARTS) is 1. The van der Waals surface area contributed by atoms with E-state index >= 15 is 0 Å². The average Bonchev–Trinajstić information content (AvgIpc) is 3.11. The van der Waals surface area contributed by atoms with Gasteiger partial charge in [0.25, 0.3) is 0 Å². The van der Waals surface area contributed by atoms with E-state index in [4.69, 9.17) is 0 Å². The minimum absolute atomic E-state index is 0.709. The van der Waals surface area contributed by atoms with Gasteiger partial charge in [-0.15, -0.1) is 0 Å². The lowest BCUT2D eigenvalue weighted by Gasteiger charge is -2.26. The molecule has 1 aliphatic carbocycles. The third kappa shape index (κ3) is 1.84. The molecule has 1 aliphatic rings. The van der Waals surface area contributed by atoms with Gasteiger partial charge in [-0.2, -0.15) is 5.10 Å². The summed E-state index contributed by atoms with van der Waals surface area (Å²) >= 11 is 0. The van der Waals surface area contributed by atoms with E-state index in [1.807, 2.05) is 36.5 Å². The Morgan fingerprint density at radius 1 is 1.21 bits per heavy atom. The SMILES string of the molecule is O=C(O)C1(c2ccccc2-n2cccn2)CCCC1. The number of aliphatic carboxylic acids is 1. The summed E-state index contributed by atoms with van der Waals surface area (Å²) < 4.78 is 1.75. The molecule has 0 atom stereocenters. The van der Waals surface area contributed by atoms with Crippen LogP contribution >= 0.6 is 0 Å². The maximum absolute atomic E-state index is 11.8. The van der Waals surface area contributed by atoms with Crippen LogP contribution < -0.4 is 0 Å². The van der Waals surface area contributed by atoms with Gasteiger partial charge in [-0.3, -0.25) is 4.79 Å². The molecule has 0 radical (unpaired) electrons. The Bertz CT molecular complexity index is 584. The molecule has 1 fully saturated rings. The van der Waals surface area contributed by atoms with E-state index in [-0.39, 0.29) is 0 Å². The van der Waals surface area contributed by atoms with Crippen molar-refractivity contribution in [1.29, 1.82) is 0 Å². The fourth-order valence-electron chi connectivity index (χ4n) is 3.07. The Balaban J connectivity index is 2.17. The molecule has 4 nitrogen and oxygen atoms in total. The first-order valence-corrected chi connectivity index (χ1v) is 6.57. The van der Waals surface area contributed by atoms with Crippen LogP contribution in [0.25, 0.3) is 5.69 Å². The van der Waals surface area contributed by atoms with Crippen LogP contribution in [0.4, 0.5) is 0 Å². The highest BCUT2D eigenvalue weighted by Crippen LogP contribution is 2.43. The van der Waals surface area contributed by atoms with Gasteiger partial charge in [0.15, 0.2) is 0 Å². The highest BCUT2D eigenvalue weighted by molar-refractivity contribution is 5.83. The number of carbonyl (C=O) groups is 1.